The van der Waals surface area contributed by atoms with Crippen LogP contribution in [0.5, 0.6) is 5.75 Å². The van der Waals surface area contributed by atoms with Gasteiger partial charge in [-0.15, -0.1) is 0 Å². The fourth-order valence-corrected chi connectivity index (χ4v) is 3.85. The Morgan fingerprint density at radius 3 is 1.66 bits per heavy atom. The van der Waals surface area contributed by atoms with Gasteiger partial charge in [0.05, 0.1) is 4.90 Å². The summed E-state index contributed by atoms with van der Waals surface area (Å²) in [6.45, 7) is 0. The van der Waals surface area contributed by atoms with Crippen LogP contribution in [0, 0.1) is 5.82 Å². The molecule has 0 fully saturated rings. The molecule has 150 valence electrons. The summed E-state index contributed by atoms with van der Waals surface area (Å²) in [7, 11) is -8.18. The molecule has 0 saturated heterocycles. The van der Waals surface area contributed by atoms with E-state index in [0.717, 1.165) is 24.3 Å². The highest BCUT2D eigenvalue weighted by Gasteiger charge is 2.18. The first-order valence-electron chi connectivity index (χ1n) is 8.04. The Bertz CT molecular complexity index is 1250. The van der Waals surface area contributed by atoms with Crippen molar-refractivity contribution in [3.63, 3.8) is 0 Å². The maximum atomic E-state index is 13.0. The Balaban J connectivity index is 1.78. The number of hydrogen-bond donors (Lipinski definition) is 1. The van der Waals surface area contributed by atoms with E-state index in [4.69, 9.17) is 9.32 Å². The summed E-state index contributed by atoms with van der Waals surface area (Å²) < 4.78 is 65.1. The molecule has 2 N–H and O–H groups in total. The molecule has 0 radical (unpaired) electrons. The molecule has 0 saturated carbocycles. The van der Waals surface area contributed by atoms with Crippen LogP contribution in [0.4, 0.5) is 4.39 Å². The Hall–Kier alpha value is -3.08. The zero-order chi connectivity index (χ0) is 21.2. The number of ketones is 1. The molecule has 3 aromatic carbocycles. The predicted molar refractivity (Wildman–Crippen MR) is 102 cm³/mol. The summed E-state index contributed by atoms with van der Waals surface area (Å²) in [6.07, 6.45) is 0. The van der Waals surface area contributed by atoms with E-state index in [1.54, 1.807) is 0 Å². The van der Waals surface area contributed by atoms with Gasteiger partial charge in [-0.25, -0.2) is 17.9 Å². The highest BCUT2D eigenvalue weighted by Crippen LogP contribution is 2.21. The minimum atomic E-state index is -4.23. The van der Waals surface area contributed by atoms with Crippen molar-refractivity contribution >= 4 is 25.9 Å². The summed E-state index contributed by atoms with van der Waals surface area (Å²) in [6, 6.07) is 14.6. The van der Waals surface area contributed by atoms with Crippen LogP contribution in [0.2, 0.25) is 0 Å². The maximum absolute atomic E-state index is 13.0. The number of sulfonamides is 1. The van der Waals surface area contributed by atoms with E-state index >= 15 is 0 Å². The topological polar surface area (TPSA) is 121 Å². The van der Waals surface area contributed by atoms with Gasteiger partial charge in [0.15, 0.2) is 5.78 Å². The molecule has 0 heterocycles. The molecule has 10 heteroatoms. The molecule has 0 spiro atoms. The average Bonchev–Trinajstić information content (AvgIpc) is 2.68. The smallest absolute Gasteiger partial charge is 0.339 e. The van der Waals surface area contributed by atoms with Crippen LogP contribution in [0.25, 0.3) is 0 Å². The van der Waals surface area contributed by atoms with E-state index in [2.05, 4.69) is 0 Å². The van der Waals surface area contributed by atoms with Crippen molar-refractivity contribution in [2.75, 3.05) is 0 Å². The van der Waals surface area contributed by atoms with E-state index in [-0.39, 0.29) is 32.5 Å². The number of hydrogen-bond acceptors (Lipinski definition) is 6. The van der Waals surface area contributed by atoms with Crippen LogP contribution >= 0.6 is 0 Å². The second kappa shape index (κ2) is 7.74. The molecule has 7 nitrogen and oxygen atoms in total. The van der Waals surface area contributed by atoms with Gasteiger partial charge >= 0.3 is 10.1 Å². The molecule has 0 atom stereocenters. The molecular weight excluding hydrogens is 421 g/mol. The minimum absolute atomic E-state index is 0.0452. The van der Waals surface area contributed by atoms with E-state index in [9.17, 15) is 26.0 Å². The van der Waals surface area contributed by atoms with Crippen molar-refractivity contribution < 1.29 is 30.2 Å². The molecule has 0 aliphatic rings. The van der Waals surface area contributed by atoms with Crippen molar-refractivity contribution in [3.05, 3.63) is 89.7 Å². The zero-order valence-electron chi connectivity index (χ0n) is 14.6. The number of benzene rings is 3. The third-order valence-electron chi connectivity index (χ3n) is 3.87. The lowest BCUT2D eigenvalue weighted by Crippen LogP contribution is -2.13. The Kier molecular flexibility index (Phi) is 5.51. The third kappa shape index (κ3) is 4.86. The largest absolute Gasteiger partial charge is 0.379 e. The Labute approximate surface area is 166 Å². The fourth-order valence-electron chi connectivity index (χ4n) is 2.40. The average molecular weight is 435 g/mol. The lowest BCUT2D eigenvalue weighted by Gasteiger charge is -2.08. The van der Waals surface area contributed by atoms with Gasteiger partial charge in [-0.05, 0) is 72.8 Å². The van der Waals surface area contributed by atoms with Gasteiger partial charge in [0.2, 0.25) is 10.0 Å². The Morgan fingerprint density at radius 1 is 0.724 bits per heavy atom. The second-order valence-electron chi connectivity index (χ2n) is 5.91. The van der Waals surface area contributed by atoms with Crippen molar-refractivity contribution in [1.82, 2.24) is 0 Å². The minimum Gasteiger partial charge on any atom is -0.379 e. The number of rotatable bonds is 6. The molecule has 3 aromatic rings. The first-order chi connectivity index (χ1) is 13.6. The maximum Gasteiger partial charge on any atom is 0.339 e. The highest BCUT2D eigenvalue weighted by atomic mass is 32.2. The Morgan fingerprint density at radius 2 is 1.17 bits per heavy atom. The van der Waals surface area contributed by atoms with Gasteiger partial charge in [0.1, 0.15) is 16.5 Å². The molecule has 0 aliphatic carbocycles. The van der Waals surface area contributed by atoms with E-state index in [1.807, 2.05) is 0 Å². The molecule has 29 heavy (non-hydrogen) atoms. The van der Waals surface area contributed by atoms with E-state index < -0.39 is 26.0 Å². The lowest BCUT2D eigenvalue weighted by atomic mass is 10.0. The van der Waals surface area contributed by atoms with E-state index in [1.165, 1.54) is 48.5 Å². The van der Waals surface area contributed by atoms with Crippen molar-refractivity contribution in [2.24, 2.45) is 5.14 Å². The summed E-state index contributed by atoms with van der Waals surface area (Å²) >= 11 is 0. The van der Waals surface area contributed by atoms with Crippen LogP contribution in [0.1, 0.15) is 15.9 Å². The number of carbonyl (C=O) groups excluding carboxylic acids is 1. The van der Waals surface area contributed by atoms with Crippen LogP contribution in [0.15, 0.2) is 82.6 Å². The van der Waals surface area contributed by atoms with Gasteiger partial charge in [0.25, 0.3) is 0 Å². The second-order valence-corrected chi connectivity index (χ2v) is 9.02. The predicted octanol–water partition coefficient (Wildman–Crippen LogP) is 2.47. The first-order valence-corrected chi connectivity index (χ1v) is 11.0. The molecule has 0 aliphatic heterocycles. The van der Waals surface area contributed by atoms with Gasteiger partial charge in [0, 0.05) is 11.1 Å². The number of carbonyl (C=O) groups is 1. The van der Waals surface area contributed by atoms with E-state index in [0.29, 0.717) is 0 Å². The van der Waals surface area contributed by atoms with Gasteiger partial charge in [-0.2, -0.15) is 8.42 Å². The molecular formula is C19H14FNO6S2. The zero-order valence-corrected chi connectivity index (χ0v) is 16.3. The molecule has 0 aromatic heterocycles. The molecule has 0 bridgehead atoms. The monoisotopic (exact) mass is 435 g/mol. The van der Waals surface area contributed by atoms with Crippen LogP contribution < -0.4 is 9.32 Å². The summed E-state index contributed by atoms with van der Waals surface area (Å²) in [4.78, 5) is 11.8. The quantitative estimate of drug-likeness (QED) is 0.469. The van der Waals surface area contributed by atoms with Crippen LogP contribution in [-0.2, 0) is 20.1 Å². The van der Waals surface area contributed by atoms with Gasteiger partial charge in [-0.3, -0.25) is 4.79 Å². The van der Waals surface area contributed by atoms with Gasteiger partial charge < -0.3 is 4.18 Å². The third-order valence-corrected chi connectivity index (χ3v) is 6.06. The first kappa shape index (κ1) is 20.6. The highest BCUT2D eigenvalue weighted by molar-refractivity contribution is 7.89. The van der Waals surface area contributed by atoms with Crippen LogP contribution in [-0.4, -0.2) is 22.6 Å². The standard InChI is InChI=1S/C19H14FNO6S2/c20-15-5-1-13(2-6-15)19(22)14-3-7-16(8-4-14)27-29(25,26)18-11-9-17(10-12-18)28(21,23)24/h1-12H,(H2,21,23,24). The SMILES string of the molecule is NS(=O)(=O)c1ccc(S(=O)(=O)Oc2ccc(C(=O)c3ccc(F)cc3)cc2)cc1. The van der Waals surface area contributed by atoms with Crippen LogP contribution in [0.3, 0.4) is 0 Å². The summed E-state index contributed by atoms with van der Waals surface area (Å²) in [5.41, 5.74) is 0.543. The molecule has 3 rings (SSSR count). The molecule has 0 unspecified atom stereocenters. The van der Waals surface area contributed by atoms with Crippen molar-refractivity contribution in [2.45, 2.75) is 9.79 Å². The lowest BCUT2D eigenvalue weighted by molar-refractivity contribution is 0.103. The van der Waals surface area contributed by atoms with Crippen molar-refractivity contribution in [3.8, 4) is 5.75 Å². The summed E-state index contributed by atoms with van der Waals surface area (Å²) in [5, 5.41) is 4.97. The van der Waals surface area contributed by atoms with Gasteiger partial charge in [-0.1, -0.05) is 0 Å². The fraction of sp³-hybridized carbons (Fsp3) is 0. The number of halogens is 1. The number of nitrogens with two attached hydrogens (primary N) is 1. The van der Waals surface area contributed by atoms with Crippen molar-refractivity contribution in [1.29, 1.82) is 0 Å². The number of primary sulfonamides is 1. The normalized spacial score (nSPS) is 11.8. The molecule has 0 amide bonds. The summed E-state index contributed by atoms with van der Waals surface area (Å²) in [5.74, 6) is -0.873.